The highest BCUT2D eigenvalue weighted by Gasteiger charge is 2.43. The average Bonchev–Trinajstić information content (AvgIpc) is 3.36. The fourth-order valence-corrected chi connectivity index (χ4v) is 6.29. The van der Waals surface area contributed by atoms with Crippen LogP contribution in [0.4, 0.5) is 0 Å². The van der Waals surface area contributed by atoms with Gasteiger partial charge in [0.25, 0.3) is 0 Å². The van der Waals surface area contributed by atoms with Crippen LogP contribution >= 0.6 is 11.8 Å². The van der Waals surface area contributed by atoms with E-state index in [2.05, 4.69) is 18.2 Å². The third-order valence-corrected chi connectivity index (χ3v) is 8.38. The Morgan fingerprint density at radius 2 is 1.70 bits per heavy atom. The van der Waals surface area contributed by atoms with E-state index in [-0.39, 0.29) is 24.8 Å². The van der Waals surface area contributed by atoms with Crippen LogP contribution in [0.1, 0.15) is 48.6 Å². The fraction of sp³-hybridized carbons (Fsp3) is 0.355. The monoisotopic (exact) mass is 558 g/mol. The highest BCUT2D eigenvalue weighted by molar-refractivity contribution is 8.16. The van der Waals surface area contributed by atoms with Gasteiger partial charge in [-0.1, -0.05) is 65.9 Å². The van der Waals surface area contributed by atoms with Crippen molar-refractivity contribution in [3.8, 4) is 0 Å². The van der Waals surface area contributed by atoms with E-state index < -0.39 is 12.0 Å². The summed E-state index contributed by atoms with van der Waals surface area (Å²) in [5.41, 5.74) is 5.76. The van der Waals surface area contributed by atoms with Gasteiger partial charge in [-0.2, -0.15) is 0 Å². The molecule has 5 rings (SSSR count). The number of thioether (sulfide) groups is 1. The van der Waals surface area contributed by atoms with Gasteiger partial charge in [-0.15, -0.1) is 0 Å². The number of amidine groups is 1. The summed E-state index contributed by atoms with van der Waals surface area (Å²) in [6, 6.07) is 15.4. The van der Waals surface area contributed by atoms with E-state index in [1.807, 2.05) is 59.4 Å². The third-order valence-electron chi connectivity index (χ3n) is 7.49. The molecule has 0 N–H and O–H groups in total. The van der Waals surface area contributed by atoms with Gasteiger partial charge >= 0.3 is 5.97 Å². The first-order valence-electron chi connectivity index (χ1n) is 13.6. The summed E-state index contributed by atoms with van der Waals surface area (Å²) in [5, 5.41) is 2.69. The first kappa shape index (κ1) is 27.7. The number of amides is 2. The van der Waals surface area contributed by atoms with Crippen LogP contribution in [0, 0.1) is 13.8 Å². The van der Waals surface area contributed by atoms with Crippen molar-refractivity contribution in [3.63, 3.8) is 0 Å². The van der Waals surface area contributed by atoms with Crippen molar-refractivity contribution < 1.29 is 19.1 Å². The Kier molecular flexibility index (Phi) is 8.12. The lowest BCUT2D eigenvalue weighted by Crippen LogP contribution is -2.50. The number of rotatable bonds is 6. The second-order valence-corrected chi connectivity index (χ2v) is 11.0. The summed E-state index contributed by atoms with van der Waals surface area (Å²) in [6.45, 7) is 9.75. The molecule has 3 aliphatic rings. The van der Waals surface area contributed by atoms with Crippen molar-refractivity contribution in [2.75, 3.05) is 32.8 Å². The average molecular weight is 559 g/mol. The molecule has 3 aliphatic heterocycles. The van der Waals surface area contributed by atoms with E-state index in [0.717, 1.165) is 33.1 Å². The molecule has 3 heterocycles. The molecule has 1 fully saturated rings. The molecule has 1 saturated heterocycles. The minimum atomic E-state index is -0.509. The lowest BCUT2D eigenvalue weighted by molar-refractivity contribution is -0.139. The highest BCUT2D eigenvalue weighted by atomic mass is 32.2. The van der Waals surface area contributed by atoms with Crippen LogP contribution in [0.15, 0.2) is 70.2 Å². The zero-order chi connectivity index (χ0) is 28.4. The van der Waals surface area contributed by atoms with E-state index in [1.165, 1.54) is 11.8 Å². The predicted molar refractivity (Wildman–Crippen MR) is 157 cm³/mol. The van der Waals surface area contributed by atoms with Gasteiger partial charge in [-0.05, 0) is 37.3 Å². The smallest absolute Gasteiger partial charge is 0.338 e. The Labute approximate surface area is 239 Å². The molecular formula is C31H34N4O4S. The maximum Gasteiger partial charge on any atom is 0.338 e. The van der Waals surface area contributed by atoms with Crippen molar-refractivity contribution >= 4 is 40.4 Å². The topological polar surface area (TPSA) is 82.5 Å². The van der Waals surface area contributed by atoms with Crippen LogP contribution in [-0.4, -0.2) is 70.4 Å². The van der Waals surface area contributed by atoms with Crippen molar-refractivity contribution in [1.29, 1.82) is 0 Å². The summed E-state index contributed by atoms with van der Waals surface area (Å²) in [7, 11) is 0. The second kappa shape index (κ2) is 11.7. The molecule has 0 aliphatic carbocycles. The number of carbonyl (C=O) groups is 3. The summed E-state index contributed by atoms with van der Waals surface area (Å²) in [5.74, 6) is -0.399. The van der Waals surface area contributed by atoms with Crippen LogP contribution in [0.25, 0.3) is 5.70 Å². The van der Waals surface area contributed by atoms with Gasteiger partial charge < -0.3 is 19.4 Å². The molecule has 208 valence electrons. The van der Waals surface area contributed by atoms with Crippen LogP contribution < -0.4 is 0 Å². The van der Waals surface area contributed by atoms with Gasteiger partial charge in [0.05, 0.1) is 30.3 Å². The molecule has 0 unspecified atom stereocenters. The molecule has 2 aromatic rings. The van der Waals surface area contributed by atoms with Gasteiger partial charge in [-0.25, -0.2) is 9.79 Å². The van der Waals surface area contributed by atoms with Gasteiger partial charge in [0, 0.05) is 44.4 Å². The Bertz CT molecular complexity index is 1420. The van der Waals surface area contributed by atoms with Gasteiger partial charge in [0.15, 0.2) is 5.17 Å². The zero-order valence-corrected chi connectivity index (χ0v) is 24.2. The number of aryl methyl sites for hydroxylation is 2. The van der Waals surface area contributed by atoms with Gasteiger partial charge in [0.1, 0.15) is 0 Å². The highest BCUT2D eigenvalue weighted by Crippen LogP contribution is 2.47. The zero-order valence-electron chi connectivity index (χ0n) is 23.3. The number of nitrogens with zero attached hydrogens (tertiary/aromatic N) is 4. The molecule has 40 heavy (non-hydrogen) atoms. The molecule has 0 radical (unpaired) electrons. The lowest BCUT2D eigenvalue weighted by Gasteiger charge is -2.38. The molecule has 0 aromatic heterocycles. The predicted octanol–water partition coefficient (Wildman–Crippen LogP) is 4.66. The molecule has 0 bridgehead atoms. The quantitative estimate of drug-likeness (QED) is 0.480. The first-order valence-corrected chi connectivity index (χ1v) is 14.5. The Morgan fingerprint density at radius 1 is 1.00 bits per heavy atom. The van der Waals surface area contributed by atoms with Crippen molar-refractivity contribution in [1.82, 2.24) is 14.7 Å². The van der Waals surface area contributed by atoms with Gasteiger partial charge in [0.2, 0.25) is 11.8 Å². The first-order chi connectivity index (χ1) is 19.3. The molecule has 8 nitrogen and oxygen atoms in total. The Morgan fingerprint density at radius 3 is 2.38 bits per heavy atom. The van der Waals surface area contributed by atoms with Crippen molar-refractivity contribution in [2.24, 2.45) is 4.99 Å². The van der Waals surface area contributed by atoms with Crippen molar-refractivity contribution in [3.05, 3.63) is 87.5 Å². The van der Waals surface area contributed by atoms with Gasteiger partial charge in [-0.3, -0.25) is 9.59 Å². The number of aliphatic imine (C=N–C) groups is 1. The number of ether oxygens (including phenoxy) is 1. The van der Waals surface area contributed by atoms with E-state index in [9.17, 15) is 14.4 Å². The van der Waals surface area contributed by atoms with Crippen molar-refractivity contribution in [2.45, 2.75) is 40.2 Å². The number of piperazine rings is 1. The molecule has 2 aromatic carbocycles. The summed E-state index contributed by atoms with van der Waals surface area (Å²) < 4.78 is 5.62. The minimum Gasteiger partial charge on any atom is -0.463 e. The number of carbonyl (C=O) groups excluding carboxylic acids is 3. The standard InChI is InChI=1S/C31H34N4O4S/c1-5-39-30(38)27-28(23-9-7-6-8-10-23)32-31-35(29(27)25-17-20(2)11-12-21(25)3)24(19-40-31)18-26(37)34-15-13-33(14-16-34)22(4)36/h6-12,17,19,29H,5,13-16,18H2,1-4H3/t29-/m0/s1. The molecule has 1 atom stereocenters. The number of hydrogen-bond donors (Lipinski definition) is 0. The number of fused-ring (bicyclic) bond motifs is 1. The SMILES string of the molecule is CCOC(=O)C1=C(c2ccccc2)N=C2SC=C(CC(=O)N3CCN(C(C)=O)CC3)N2[C@H]1c1cc(C)ccc1C. The minimum absolute atomic E-state index is 0.00784. The molecule has 0 saturated carbocycles. The Balaban J connectivity index is 1.56. The molecule has 0 spiro atoms. The van der Waals surface area contributed by atoms with E-state index in [4.69, 9.17) is 9.73 Å². The molecule has 2 amide bonds. The Hall–Kier alpha value is -3.85. The van der Waals surface area contributed by atoms with Crippen LogP contribution in [0.3, 0.4) is 0 Å². The molecular weight excluding hydrogens is 524 g/mol. The van der Waals surface area contributed by atoms with Crippen LogP contribution in [-0.2, 0) is 19.1 Å². The third kappa shape index (κ3) is 5.43. The number of benzene rings is 2. The van der Waals surface area contributed by atoms with E-state index in [1.54, 1.807) is 18.7 Å². The second-order valence-electron chi connectivity index (χ2n) is 10.2. The maximum absolute atomic E-state index is 13.7. The van der Waals surface area contributed by atoms with Crippen LogP contribution in [0.5, 0.6) is 0 Å². The van der Waals surface area contributed by atoms with Crippen LogP contribution in [0.2, 0.25) is 0 Å². The normalized spacial score (nSPS) is 18.8. The molecule has 9 heteroatoms. The van der Waals surface area contributed by atoms with E-state index >= 15 is 0 Å². The lowest BCUT2D eigenvalue weighted by atomic mass is 9.88. The fourth-order valence-electron chi connectivity index (χ4n) is 5.37. The van der Waals surface area contributed by atoms with E-state index in [0.29, 0.717) is 37.4 Å². The largest absolute Gasteiger partial charge is 0.463 e. The number of esters is 1. The maximum atomic E-state index is 13.7. The summed E-state index contributed by atoms with van der Waals surface area (Å²) in [4.78, 5) is 49.5. The number of hydrogen-bond acceptors (Lipinski definition) is 7. The summed E-state index contributed by atoms with van der Waals surface area (Å²) in [6.07, 6.45) is 0.171. The summed E-state index contributed by atoms with van der Waals surface area (Å²) >= 11 is 1.47.